The van der Waals surface area contributed by atoms with Gasteiger partial charge in [0.05, 0.1) is 16.4 Å². The van der Waals surface area contributed by atoms with Gasteiger partial charge in [-0.05, 0) is 87.5 Å². The van der Waals surface area contributed by atoms with E-state index in [1.807, 2.05) is 30.0 Å². The highest BCUT2D eigenvalue weighted by atomic mass is 32.2. The Kier molecular flexibility index (Phi) is 5.87. The van der Waals surface area contributed by atoms with Crippen molar-refractivity contribution in [2.24, 2.45) is 0 Å². The minimum Gasteiger partial charge on any atom is -0.398 e. The number of para-hydroxylation sites is 2. The van der Waals surface area contributed by atoms with Crippen LogP contribution in [0.15, 0.2) is 174 Å². The number of hydrogen-bond acceptors (Lipinski definition) is 3. The normalized spacial score (nSPS) is 13.6. The summed E-state index contributed by atoms with van der Waals surface area (Å²) >= 11 is 1.86. The third-order valence-corrected chi connectivity index (χ3v) is 11.2. The molecular weight excluding hydrogens is 603 g/mol. The first kappa shape index (κ1) is 27.3. The van der Waals surface area contributed by atoms with E-state index in [0.717, 1.165) is 44.9 Å². The number of nitrogen functional groups attached to an aromatic ring is 1. The summed E-state index contributed by atoms with van der Waals surface area (Å²) in [6.45, 7) is 0. The molecule has 0 bridgehead atoms. The van der Waals surface area contributed by atoms with Crippen LogP contribution in [0.4, 0.5) is 5.69 Å². The fourth-order valence-electron chi connectivity index (χ4n) is 8.03. The van der Waals surface area contributed by atoms with Crippen molar-refractivity contribution in [3.8, 4) is 39.3 Å². The molecule has 8 aromatic rings. The summed E-state index contributed by atoms with van der Waals surface area (Å²) in [7, 11) is 0. The van der Waals surface area contributed by atoms with E-state index in [0.29, 0.717) is 0 Å². The van der Waals surface area contributed by atoms with Gasteiger partial charge < -0.3 is 5.73 Å². The van der Waals surface area contributed by atoms with E-state index in [1.54, 1.807) is 0 Å². The molecule has 0 saturated heterocycles. The van der Waals surface area contributed by atoms with Crippen LogP contribution in [0.1, 0.15) is 22.3 Å². The molecule has 10 rings (SSSR count). The minimum atomic E-state index is -0.464. The number of nitrogens with two attached hydrogens (primary N) is 1. The number of nitrogens with zero attached hydrogens (tertiary/aromatic N) is 2. The molecule has 7 aromatic carbocycles. The van der Waals surface area contributed by atoms with Crippen molar-refractivity contribution >= 4 is 28.5 Å². The first-order valence-corrected chi connectivity index (χ1v) is 17.1. The van der Waals surface area contributed by atoms with Gasteiger partial charge in [-0.25, -0.2) is 4.98 Å². The smallest absolute Gasteiger partial charge is 0.145 e. The Labute approximate surface area is 283 Å². The first-order chi connectivity index (χ1) is 23.7. The standard InChI is InChI=1S/C44H29N3S/c45-37-16-10-15-35-42(37)32-26-23-30(27-36(32)44(35)33-13-4-8-19-40(33)48-41-20-9-5-14-34(41)44)28-21-24-31(25-22-28)47-39-18-7-6-17-38(39)46-43(47)29-11-2-1-3-12-29/h1-27H,45H2. The summed E-state index contributed by atoms with van der Waals surface area (Å²) in [5.41, 5.74) is 21.3. The zero-order valence-corrected chi connectivity index (χ0v) is 26.8. The molecule has 0 radical (unpaired) electrons. The van der Waals surface area contributed by atoms with Crippen molar-refractivity contribution in [1.82, 2.24) is 9.55 Å². The molecule has 48 heavy (non-hydrogen) atoms. The predicted octanol–water partition coefficient (Wildman–Crippen LogP) is 10.8. The summed E-state index contributed by atoms with van der Waals surface area (Å²) in [5.74, 6) is 0.937. The molecule has 0 amide bonds. The fourth-order valence-corrected chi connectivity index (χ4v) is 9.22. The van der Waals surface area contributed by atoms with Gasteiger partial charge in [-0.15, -0.1) is 0 Å². The molecule has 2 heterocycles. The SMILES string of the molecule is Nc1cccc2c1-c1ccc(-c3ccc(-n4c(-c5ccccc5)nc5ccccc54)cc3)cc1C21c2ccccc2Sc2ccccc21. The maximum absolute atomic E-state index is 6.81. The second kappa shape index (κ2) is 10.3. The van der Waals surface area contributed by atoms with E-state index in [4.69, 9.17) is 10.7 Å². The zero-order valence-electron chi connectivity index (χ0n) is 26.0. The van der Waals surface area contributed by atoms with E-state index < -0.39 is 5.41 Å². The van der Waals surface area contributed by atoms with Crippen LogP contribution in [0.3, 0.4) is 0 Å². The minimum absolute atomic E-state index is 0.464. The topological polar surface area (TPSA) is 43.8 Å². The van der Waals surface area contributed by atoms with Crippen LogP contribution in [0, 0.1) is 0 Å². The second-order valence-electron chi connectivity index (χ2n) is 12.5. The largest absolute Gasteiger partial charge is 0.398 e. The van der Waals surface area contributed by atoms with Crippen molar-refractivity contribution in [2.45, 2.75) is 15.2 Å². The lowest BCUT2D eigenvalue weighted by Gasteiger charge is -2.39. The molecule has 1 aliphatic heterocycles. The summed E-state index contributed by atoms with van der Waals surface area (Å²) in [4.78, 5) is 7.61. The Balaban J connectivity index is 1.17. The molecule has 4 heteroatoms. The first-order valence-electron chi connectivity index (χ1n) is 16.3. The second-order valence-corrected chi connectivity index (χ2v) is 13.6. The molecule has 0 unspecified atom stereocenters. The molecule has 2 aliphatic rings. The Bertz CT molecular complexity index is 2500. The molecule has 0 atom stereocenters. The van der Waals surface area contributed by atoms with Gasteiger partial charge in [0.2, 0.25) is 0 Å². The number of rotatable bonds is 3. The molecule has 1 aromatic heterocycles. The van der Waals surface area contributed by atoms with Gasteiger partial charge in [0, 0.05) is 32.3 Å². The lowest BCUT2D eigenvalue weighted by molar-refractivity contribution is 0.723. The van der Waals surface area contributed by atoms with E-state index in [1.165, 1.54) is 43.2 Å². The third kappa shape index (κ3) is 3.75. The van der Waals surface area contributed by atoms with E-state index in [2.05, 4.69) is 150 Å². The van der Waals surface area contributed by atoms with E-state index in [9.17, 15) is 0 Å². The molecule has 1 aliphatic carbocycles. The van der Waals surface area contributed by atoms with Crippen molar-refractivity contribution < 1.29 is 0 Å². The number of fused-ring (bicyclic) bond motifs is 10. The van der Waals surface area contributed by atoms with Crippen LogP contribution in [0.5, 0.6) is 0 Å². The quantitative estimate of drug-likeness (QED) is 0.197. The van der Waals surface area contributed by atoms with Gasteiger partial charge in [-0.2, -0.15) is 0 Å². The highest BCUT2D eigenvalue weighted by Gasteiger charge is 2.50. The Hall–Kier alpha value is -5.84. The van der Waals surface area contributed by atoms with Crippen LogP contribution < -0.4 is 5.73 Å². The van der Waals surface area contributed by atoms with Gasteiger partial charge >= 0.3 is 0 Å². The number of imidazole rings is 1. The van der Waals surface area contributed by atoms with E-state index in [-0.39, 0.29) is 0 Å². The van der Waals surface area contributed by atoms with Gasteiger partial charge in [0.25, 0.3) is 0 Å². The maximum atomic E-state index is 6.81. The molecule has 2 N–H and O–H groups in total. The summed E-state index contributed by atoms with van der Waals surface area (Å²) in [6, 6.07) is 58.8. The molecule has 3 nitrogen and oxygen atoms in total. The van der Waals surface area contributed by atoms with Gasteiger partial charge in [-0.1, -0.05) is 127 Å². The molecule has 0 fully saturated rings. The van der Waals surface area contributed by atoms with Crippen LogP contribution in [0.25, 0.3) is 50.4 Å². The number of aromatic nitrogens is 2. The number of anilines is 1. The lowest BCUT2D eigenvalue weighted by atomic mass is 9.67. The van der Waals surface area contributed by atoms with Crippen molar-refractivity contribution in [3.05, 3.63) is 186 Å². The maximum Gasteiger partial charge on any atom is 0.145 e. The van der Waals surface area contributed by atoms with Gasteiger partial charge in [0.1, 0.15) is 5.82 Å². The lowest BCUT2D eigenvalue weighted by Crippen LogP contribution is -2.32. The molecule has 226 valence electrons. The summed E-state index contributed by atoms with van der Waals surface area (Å²) < 4.78 is 2.26. The third-order valence-electron chi connectivity index (χ3n) is 10.0. The monoisotopic (exact) mass is 631 g/mol. The van der Waals surface area contributed by atoms with Crippen molar-refractivity contribution in [1.29, 1.82) is 0 Å². The van der Waals surface area contributed by atoms with Gasteiger partial charge in [-0.3, -0.25) is 4.57 Å². The predicted molar refractivity (Wildman–Crippen MR) is 198 cm³/mol. The van der Waals surface area contributed by atoms with Crippen LogP contribution in [0.2, 0.25) is 0 Å². The Morgan fingerprint density at radius 1 is 0.521 bits per heavy atom. The molecular formula is C44H29N3S. The molecule has 1 spiro atoms. The fraction of sp³-hybridized carbons (Fsp3) is 0.0227. The number of hydrogen-bond donors (Lipinski definition) is 1. The summed E-state index contributed by atoms with van der Waals surface area (Å²) in [5, 5.41) is 0. The Morgan fingerprint density at radius 3 is 1.94 bits per heavy atom. The highest BCUT2D eigenvalue weighted by molar-refractivity contribution is 7.99. The van der Waals surface area contributed by atoms with Crippen LogP contribution in [-0.2, 0) is 5.41 Å². The highest BCUT2D eigenvalue weighted by Crippen LogP contribution is 2.63. The van der Waals surface area contributed by atoms with Crippen molar-refractivity contribution in [2.75, 3.05) is 5.73 Å². The summed E-state index contributed by atoms with van der Waals surface area (Å²) in [6.07, 6.45) is 0. The van der Waals surface area contributed by atoms with Gasteiger partial charge in [0.15, 0.2) is 0 Å². The Morgan fingerprint density at radius 2 is 1.17 bits per heavy atom. The molecule has 0 saturated carbocycles. The van der Waals surface area contributed by atoms with Crippen molar-refractivity contribution in [3.63, 3.8) is 0 Å². The van der Waals surface area contributed by atoms with Crippen LogP contribution in [-0.4, -0.2) is 9.55 Å². The van der Waals surface area contributed by atoms with E-state index >= 15 is 0 Å². The zero-order chi connectivity index (χ0) is 31.8. The average molecular weight is 632 g/mol. The average Bonchev–Trinajstić information content (AvgIpc) is 3.67. The van der Waals surface area contributed by atoms with Crippen LogP contribution >= 0.6 is 11.8 Å². The number of benzene rings is 7.